The zero-order chi connectivity index (χ0) is 30.7. The Morgan fingerprint density at radius 2 is 1.73 bits per heavy atom. The molecule has 228 valence electrons. The zero-order valence-electron chi connectivity index (χ0n) is 24.7. The van der Waals surface area contributed by atoms with E-state index >= 15 is 0 Å². The van der Waals surface area contributed by atoms with Gasteiger partial charge in [-0.3, -0.25) is 14.7 Å². The highest BCUT2D eigenvalue weighted by Gasteiger charge is 2.22. The highest BCUT2D eigenvalue weighted by molar-refractivity contribution is 5.97. The fourth-order valence-electron chi connectivity index (χ4n) is 4.64. The first-order valence-corrected chi connectivity index (χ1v) is 14.4. The predicted molar refractivity (Wildman–Crippen MR) is 168 cm³/mol. The Morgan fingerprint density at radius 1 is 0.932 bits per heavy atom. The van der Waals surface area contributed by atoms with Gasteiger partial charge in [0.2, 0.25) is 5.91 Å². The molecule has 3 N–H and O–H groups in total. The molecule has 0 radical (unpaired) electrons. The maximum Gasteiger partial charge on any atom is 0.258 e. The average Bonchev–Trinajstić information content (AvgIpc) is 3.53. The first-order chi connectivity index (χ1) is 21.6. The molecule has 2 amide bonds. The second-order valence-electron chi connectivity index (χ2n) is 9.79. The number of amides is 2. The van der Waals surface area contributed by atoms with E-state index in [4.69, 9.17) is 24.2 Å². The van der Waals surface area contributed by atoms with E-state index < -0.39 is 0 Å². The Balaban J connectivity index is 1.52. The van der Waals surface area contributed by atoms with Gasteiger partial charge < -0.3 is 29.7 Å². The molecule has 12 nitrogen and oxygen atoms in total. The minimum Gasteiger partial charge on any atom is -0.483 e. The van der Waals surface area contributed by atoms with Gasteiger partial charge in [0.25, 0.3) is 5.91 Å². The number of para-hydroxylation sites is 2. The van der Waals surface area contributed by atoms with Gasteiger partial charge in [0.1, 0.15) is 18.1 Å². The molecular formula is C32H35N7O5. The summed E-state index contributed by atoms with van der Waals surface area (Å²) in [4.78, 5) is 37.3. The summed E-state index contributed by atoms with van der Waals surface area (Å²) in [5, 5.41) is 14.5. The second-order valence-corrected chi connectivity index (χ2v) is 9.79. The third kappa shape index (κ3) is 7.46. The molecule has 0 saturated heterocycles. The lowest BCUT2D eigenvalue weighted by Gasteiger charge is -2.25. The molecule has 44 heavy (non-hydrogen) atoms. The van der Waals surface area contributed by atoms with E-state index in [2.05, 4.69) is 20.8 Å². The Labute approximate surface area is 254 Å². The lowest BCUT2D eigenvalue weighted by Crippen LogP contribution is -2.37. The standard InChI is InChI=1S/C32H35N7O5/c1-3-43-17-15-34-30(41)21-44-28-11-7-5-9-25(28)31-36-27-10-6-4-8-24(27)32(37-31)39(20-29(40)33-14-16-42-2)23-12-13-26-22(18-23)19-35-38-26/h4-13,18-19H,3,14-17,20-21H2,1-2H3,(H,33,40)(H,34,41)(H,35,38). The van der Waals surface area contributed by atoms with Crippen LogP contribution < -0.4 is 20.3 Å². The van der Waals surface area contributed by atoms with Crippen molar-refractivity contribution in [3.63, 3.8) is 0 Å². The molecule has 3 aromatic carbocycles. The number of carbonyl (C=O) groups is 2. The molecule has 5 aromatic rings. The van der Waals surface area contributed by atoms with Crippen LogP contribution in [0.25, 0.3) is 33.2 Å². The number of nitrogens with zero attached hydrogens (tertiary/aromatic N) is 4. The molecule has 0 aliphatic heterocycles. The molecular weight excluding hydrogens is 562 g/mol. The number of anilines is 2. The van der Waals surface area contributed by atoms with E-state index in [9.17, 15) is 9.59 Å². The van der Waals surface area contributed by atoms with Crippen LogP contribution in [0.15, 0.2) is 72.9 Å². The third-order valence-electron chi connectivity index (χ3n) is 6.76. The summed E-state index contributed by atoms with van der Waals surface area (Å²) < 4.78 is 16.3. The number of H-pyrrole nitrogens is 1. The topological polar surface area (TPSA) is 144 Å². The van der Waals surface area contributed by atoms with E-state index in [0.29, 0.717) is 61.4 Å². The van der Waals surface area contributed by atoms with Gasteiger partial charge in [-0.25, -0.2) is 9.97 Å². The number of carbonyl (C=O) groups excluding carboxylic acids is 2. The van der Waals surface area contributed by atoms with Gasteiger partial charge in [0.15, 0.2) is 12.4 Å². The number of aromatic nitrogens is 4. The molecule has 0 aliphatic rings. The van der Waals surface area contributed by atoms with Crippen LogP contribution in [0.5, 0.6) is 5.75 Å². The zero-order valence-corrected chi connectivity index (χ0v) is 24.7. The van der Waals surface area contributed by atoms with Crippen LogP contribution >= 0.6 is 0 Å². The van der Waals surface area contributed by atoms with Crippen molar-refractivity contribution in [3.8, 4) is 17.1 Å². The SMILES string of the molecule is CCOCCNC(=O)COc1ccccc1-c1nc(N(CC(=O)NCCOC)c2ccc3[nH]ncc3c2)c2ccccc2n1. The summed E-state index contributed by atoms with van der Waals surface area (Å²) in [5.41, 5.74) is 2.92. The van der Waals surface area contributed by atoms with Gasteiger partial charge in [-0.1, -0.05) is 24.3 Å². The number of hydrogen-bond acceptors (Lipinski definition) is 9. The van der Waals surface area contributed by atoms with Gasteiger partial charge in [0.05, 0.1) is 36.0 Å². The quantitative estimate of drug-likeness (QED) is 0.154. The lowest BCUT2D eigenvalue weighted by atomic mass is 10.1. The molecule has 12 heteroatoms. The van der Waals surface area contributed by atoms with E-state index in [1.807, 2.05) is 72.5 Å². The fraction of sp³-hybridized carbons (Fsp3) is 0.281. The maximum atomic E-state index is 13.2. The smallest absolute Gasteiger partial charge is 0.258 e. The van der Waals surface area contributed by atoms with Gasteiger partial charge in [-0.05, 0) is 49.4 Å². The van der Waals surface area contributed by atoms with Crippen LogP contribution in [0.1, 0.15) is 6.92 Å². The molecule has 0 fully saturated rings. The van der Waals surface area contributed by atoms with Crippen LogP contribution in [0.3, 0.4) is 0 Å². The largest absolute Gasteiger partial charge is 0.483 e. The Hall–Kier alpha value is -5.07. The van der Waals surface area contributed by atoms with Crippen molar-refractivity contribution in [2.75, 3.05) is 58.1 Å². The molecule has 0 aliphatic carbocycles. The fourth-order valence-corrected chi connectivity index (χ4v) is 4.64. The molecule has 0 bridgehead atoms. The van der Waals surface area contributed by atoms with E-state index in [1.54, 1.807) is 19.4 Å². The molecule has 0 saturated carbocycles. The number of hydrogen-bond donors (Lipinski definition) is 3. The van der Waals surface area contributed by atoms with Crippen LogP contribution in [0.2, 0.25) is 0 Å². The summed E-state index contributed by atoms with van der Waals surface area (Å²) in [6, 6.07) is 20.7. The first kappa shape index (κ1) is 30.4. The van der Waals surface area contributed by atoms with Crippen molar-refractivity contribution in [3.05, 3.63) is 72.9 Å². The average molecular weight is 598 g/mol. The highest BCUT2D eigenvalue weighted by atomic mass is 16.5. The number of fused-ring (bicyclic) bond motifs is 2. The minimum absolute atomic E-state index is 0.00637. The third-order valence-corrected chi connectivity index (χ3v) is 6.76. The van der Waals surface area contributed by atoms with E-state index in [-0.39, 0.29) is 25.0 Å². The first-order valence-electron chi connectivity index (χ1n) is 14.4. The van der Waals surface area contributed by atoms with Crippen LogP contribution in [-0.4, -0.2) is 85.2 Å². The van der Waals surface area contributed by atoms with Crippen molar-refractivity contribution in [2.45, 2.75) is 6.92 Å². The number of aromatic amines is 1. The van der Waals surface area contributed by atoms with Crippen LogP contribution in [0, 0.1) is 0 Å². The van der Waals surface area contributed by atoms with Gasteiger partial charge >= 0.3 is 0 Å². The summed E-state index contributed by atoms with van der Waals surface area (Å²) in [7, 11) is 1.59. The summed E-state index contributed by atoms with van der Waals surface area (Å²) in [6.07, 6.45) is 1.74. The normalized spacial score (nSPS) is 11.0. The van der Waals surface area contributed by atoms with Gasteiger partial charge in [0, 0.05) is 43.3 Å². The van der Waals surface area contributed by atoms with Crippen molar-refractivity contribution < 1.29 is 23.8 Å². The van der Waals surface area contributed by atoms with Gasteiger partial charge in [-0.2, -0.15) is 5.10 Å². The minimum atomic E-state index is -0.264. The summed E-state index contributed by atoms with van der Waals surface area (Å²) >= 11 is 0. The Morgan fingerprint density at radius 3 is 2.59 bits per heavy atom. The van der Waals surface area contributed by atoms with Gasteiger partial charge in [-0.15, -0.1) is 0 Å². The number of benzene rings is 3. The predicted octanol–water partition coefficient (Wildman–Crippen LogP) is 3.61. The van der Waals surface area contributed by atoms with Crippen LogP contribution in [0.4, 0.5) is 11.5 Å². The van der Waals surface area contributed by atoms with E-state index in [0.717, 1.165) is 22.0 Å². The maximum absolute atomic E-state index is 13.2. The van der Waals surface area contributed by atoms with Crippen molar-refractivity contribution in [1.29, 1.82) is 0 Å². The highest BCUT2D eigenvalue weighted by Crippen LogP contribution is 2.35. The Bertz CT molecular complexity index is 1720. The second kappa shape index (κ2) is 14.9. The number of ether oxygens (including phenoxy) is 3. The van der Waals surface area contributed by atoms with Crippen molar-refractivity contribution in [2.24, 2.45) is 0 Å². The summed E-state index contributed by atoms with van der Waals surface area (Å²) in [6.45, 7) is 3.90. The molecule has 0 unspecified atom stereocenters. The molecule has 0 atom stereocenters. The Kier molecular flexibility index (Phi) is 10.3. The monoisotopic (exact) mass is 597 g/mol. The molecule has 2 heterocycles. The molecule has 0 spiro atoms. The number of rotatable bonds is 15. The molecule has 2 aromatic heterocycles. The number of methoxy groups -OCH3 is 1. The summed E-state index contributed by atoms with van der Waals surface area (Å²) in [5.74, 6) is 0.925. The molecule has 5 rings (SSSR count). The van der Waals surface area contributed by atoms with Crippen LogP contribution in [-0.2, 0) is 19.1 Å². The van der Waals surface area contributed by atoms with E-state index in [1.165, 1.54) is 0 Å². The van der Waals surface area contributed by atoms with Crippen molar-refractivity contribution >= 4 is 45.1 Å². The lowest BCUT2D eigenvalue weighted by molar-refractivity contribution is -0.123. The van der Waals surface area contributed by atoms with Crippen molar-refractivity contribution in [1.82, 2.24) is 30.8 Å². The number of nitrogens with one attached hydrogen (secondary N) is 3.